The number of sulfone groups is 1. The van der Waals surface area contributed by atoms with Crippen LogP contribution in [0.25, 0.3) is 0 Å². The van der Waals surface area contributed by atoms with E-state index >= 15 is 0 Å². The molecule has 7 heteroatoms. The maximum atomic E-state index is 13.6. The van der Waals surface area contributed by atoms with E-state index in [1.54, 1.807) is 30.3 Å². The number of nitrogens with one attached hydrogen (secondary N) is 1. The highest BCUT2D eigenvalue weighted by Crippen LogP contribution is 2.19. The minimum absolute atomic E-state index is 0.111. The summed E-state index contributed by atoms with van der Waals surface area (Å²) in [4.78, 5) is 11.2. The Morgan fingerprint density at radius 3 is 2.43 bits per heavy atom. The van der Waals surface area contributed by atoms with Gasteiger partial charge in [0.1, 0.15) is 16.5 Å². The van der Waals surface area contributed by atoms with Crippen molar-refractivity contribution in [2.24, 2.45) is 0 Å². The van der Waals surface area contributed by atoms with Crippen LogP contribution in [-0.2, 0) is 14.6 Å². The highest BCUT2D eigenvalue weighted by atomic mass is 32.2. The van der Waals surface area contributed by atoms with E-state index in [2.05, 4.69) is 5.32 Å². The molecule has 2 rings (SSSR count). The molecule has 0 aliphatic carbocycles. The minimum atomic E-state index is -4.07. The van der Waals surface area contributed by atoms with Gasteiger partial charge in [0.05, 0.1) is 0 Å². The van der Waals surface area contributed by atoms with Gasteiger partial charge in [-0.3, -0.25) is 4.79 Å². The lowest BCUT2D eigenvalue weighted by Gasteiger charge is -2.07. The van der Waals surface area contributed by atoms with Gasteiger partial charge in [-0.2, -0.15) is 0 Å². The summed E-state index contributed by atoms with van der Waals surface area (Å²) in [5.41, 5.74) is 5.94. The third kappa shape index (κ3) is 3.79. The number of nitrogen functional groups attached to an aromatic ring is 1. The van der Waals surface area contributed by atoms with E-state index in [0.717, 1.165) is 12.1 Å². The van der Waals surface area contributed by atoms with Crippen LogP contribution in [0.1, 0.15) is 0 Å². The van der Waals surface area contributed by atoms with Crippen LogP contribution in [0.2, 0.25) is 0 Å². The van der Waals surface area contributed by atoms with Crippen molar-refractivity contribution in [1.29, 1.82) is 0 Å². The summed E-state index contributed by atoms with van der Waals surface area (Å²) < 4.78 is 37.7. The summed E-state index contributed by atoms with van der Waals surface area (Å²) in [6.07, 6.45) is 0. The van der Waals surface area contributed by atoms with Crippen molar-refractivity contribution in [3.05, 3.63) is 54.3 Å². The molecular formula is C14H13FN2O3S. The van der Waals surface area contributed by atoms with Crippen LogP contribution in [0.15, 0.2) is 53.4 Å². The molecule has 2 aromatic carbocycles. The van der Waals surface area contributed by atoms with Gasteiger partial charge in [0.15, 0.2) is 9.84 Å². The van der Waals surface area contributed by atoms with Gasteiger partial charge in [0.25, 0.3) is 0 Å². The number of rotatable bonds is 4. The average Bonchev–Trinajstić information content (AvgIpc) is 2.38. The monoisotopic (exact) mass is 308 g/mol. The van der Waals surface area contributed by atoms with E-state index < -0.39 is 32.2 Å². The first-order valence-electron chi connectivity index (χ1n) is 6.01. The second-order valence-electron chi connectivity index (χ2n) is 4.36. The zero-order valence-electron chi connectivity index (χ0n) is 10.9. The number of carbonyl (C=O) groups excluding carboxylic acids is 1. The van der Waals surface area contributed by atoms with E-state index in [0.29, 0.717) is 5.69 Å². The van der Waals surface area contributed by atoms with Crippen LogP contribution < -0.4 is 11.1 Å². The van der Waals surface area contributed by atoms with Gasteiger partial charge in [-0.1, -0.05) is 18.2 Å². The van der Waals surface area contributed by atoms with Crippen LogP contribution >= 0.6 is 0 Å². The SMILES string of the molecule is Nc1ccc(S(=O)(=O)CC(=O)Nc2ccccc2)c(F)c1. The van der Waals surface area contributed by atoms with Gasteiger partial charge in [-0.05, 0) is 30.3 Å². The molecular weight excluding hydrogens is 295 g/mol. The molecule has 0 aliphatic heterocycles. The van der Waals surface area contributed by atoms with Crippen LogP contribution in [0.5, 0.6) is 0 Å². The molecule has 0 heterocycles. The number of nitrogens with two attached hydrogens (primary N) is 1. The molecule has 0 radical (unpaired) electrons. The maximum Gasteiger partial charge on any atom is 0.239 e. The van der Waals surface area contributed by atoms with Crippen molar-refractivity contribution in [3.8, 4) is 0 Å². The average molecular weight is 308 g/mol. The predicted molar refractivity (Wildman–Crippen MR) is 77.9 cm³/mol. The highest BCUT2D eigenvalue weighted by molar-refractivity contribution is 7.92. The molecule has 0 spiro atoms. The number of para-hydroxylation sites is 1. The smallest absolute Gasteiger partial charge is 0.239 e. The second kappa shape index (κ2) is 5.92. The zero-order valence-corrected chi connectivity index (χ0v) is 11.7. The van der Waals surface area contributed by atoms with Gasteiger partial charge in [0, 0.05) is 11.4 Å². The fourth-order valence-corrected chi connectivity index (χ4v) is 2.94. The summed E-state index contributed by atoms with van der Waals surface area (Å²) in [5, 5.41) is 2.43. The van der Waals surface area contributed by atoms with E-state index in [-0.39, 0.29) is 5.69 Å². The molecule has 0 unspecified atom stereocenters. The number of carbonyl (C=O) groups is 1. The molecule has 0 aromatic heterocycles. The number of anilines is 2. The normalized spacial score (nSPS) is 11.1. The van der Waals surface area contributed by atoms with Gasteiger partial charge >= 0.3 is 0 Å². The number of halogens is 1. The van der Waals surface area contributed by atoms with E-state index in [1.807, 2.05) is 0 Å². The first-order chi connectivity index (χ1) is 9.88. The summed E-state index contributed by atoms with van der Waals surface area (Å²) in [6.45, 7) is 0. The Morgan fingerprint density at radius 2 is 1.81 bits per heavy atom. The molecule has 0 saturated heterocycles. The fourth-order valence-electron chi connectivity index (χ4n) is 1.74. The number of hydrogen-bond acceptors (Lipinski definition) is 4. The van der Waals surface area contributed by atoms with Gasteiger partial charge in [-0.15, -0.1) is 0 Å². The Bertz CT molecular complexity index is 761. The number of benzene rings is 2. The third-order valence-corrected chi connectivity index (χ3v) is 4.31. The Kier molecular flexibility index (Phi) is 4.23. The van der Waals surface area contributed by atoms with Crippen molar-refractivity contribution in [1.82, 2.24) is 0 Å². The van der Waals surface area contributed by atoms with Gasteiger partial charge in [0.2, 0.25) is 5.91 Å². The standard InChI is InChI=1S/C14H13FN2O3S/c15-12-8-10(16)6-7-13(12)21(19,20)9-14(18)17-11-4-2-1-3-5-11/h1-8H,9,16H2,(H,17,18). The molecule has 5 nitrogen and oxygen atoms in total. The van der Waals surface area contributed by atoms with E-state index in [9.17, 15) is 17.6 Å². The van der Waals surface area contributed by atoms with E-state index in [4.69, 9.17) is 5.73 Å². The van der Waals surface area contributed by atoms with Crippen molar-refractivity contribution in [2.75, 3.05) is 16.8 Å². The second-order valence-corrected chi connectivity index (χ2v) is 6.32. The molecule has 0 atom stereocenters. The lowest BCUT2D eigenvalue weighted by atomic mass is 10.3. The Morgan fingerprint density at radius 1 is 1.14 bits per heavy atom. The van der Waals surface area contributed by atoms with Crippen LogP contribution in [0.4, 0.5) is 15.8 Å². The Balaban J connectivity index is 2.16. The minimum Gasteiger partial charge on any atom is -0.399 e. The molecule has 0 saturated carbocycles. The number of amides is 1. The van der Waals surface area contributed by atoms with E-state index in [1.165, 1.54) is 6.07 Å². The predicted octanol–water partition coefficient (Wildman–Crippen LogP) is 1.82. The van der Waals surface area contributed by atoms with Crippen molar-refractivity contribution >= 4 is 27.1 Å². The maximum absolute atomic E-state index is 13.6. The molecule has 1 amide bonds. The van der Waals surface area contributed by atoms with Crippen LogP contribution in [0.3, 0.4) is 0 Å². The molecule has 3 N–H and O–H groups in total. The largest absolute Gasteiger partial charge is 0.399 e. The van der Waals surface area contributed by atoms with Gasteiger partial charge in [-0.25, -0.2) is 12.8 Å². The molecule has 0 fully saturated rings. The Labute approximate surface area is 121 Å². The molecule has 21 heavy (non-hydrogen) atoms. The van der Waals surface area contributed by atoms with Crippen LogP contribution in [0, 0.1) is 5.82 Å². The Hall–Kier alpha value is -2.41. The summed E-state index contributed by atoms with van der Waals surface area (Å²) in [6, 6.07) is 11.6. The van der Waals surface area contributed by atoms with Crippen molar-refractivity contribution in [3.63, 3.8) is 0 Å². The first kappa shape index (κ1) is 15.0. The molecule has 2 aromatic rings. The molecule has 110 valence electrons. The van der Waals surface area contributed by atoms with Crippen molar-refractivity contribution < 1.29 is 17.6 Å². The summed E-state index contributed by atoms with van der Waals surface area (Å²) in [7, 11) is -4.07. The van der Waals surface area contributed by atoms with Crippen molar-refractivity contribution in [2.45, 2.75) is 4.90 Å². The quantitative estimate of drug-likeness (QED) is 0.843. The highest BCUT2D eigenvalue weighted by Gasteiger charge is 2.23. The summed E-state index contributed by atoms with van der Waals surface area (Å²) >= 11 is 0. The van der Waals surface area contributed by atoms with Crippen LogP contribution in [-0.4, -0.2) is 20.1 Å². The zero-order chi connectivity index (χ0) is 15.5. The number of hydrogen-bond donors (Lipinski definition) is 2. The lowest BCUT2D eigenvalue weighted by molar-refractivity contribution is -0.113. The third-order valence-electron chi connectivity index (χ3n) is 2.67. The fraction of sp³-hybridized carbons (Fsp3) is 0.0714. The first-order valence-corrected chi connectivity index (χ1v) is 7.66. The summed E-state index contributed by atoms with van der Waals surface area (Å²) in [5.74, 6) is -2.55. The molecule has 0 bridgehead atoms. The molecule has 0 aliphatic rings. The topological polar surface area (TPSA) is 89.3 Å². The lowest BCUT2D eigenvalue weighted by Crippen LogP contribution is -2.23. The van der Waals surface area contributed by atoms with Gasteiger partial charge < -0.3 is 11.1 Å².